The summed E-state index contributed by atoms with van der Waals surface area (Å²) in [5.74, 6) is 0.203. The summed E-state index contributed by atoms with van der Waals surface area (Å²) in [6, 6.07) is 0. The number of nitrogens with one attached hydrogen (secondary N) is 1. The number of piperazine rings is 1. The number of nitrogens with zero attached hydrogens (tertiary/aromatic N) is 1. The zero-order valence-electron chi connectivity index (χ0n) is 9.27. The fraction of sp³-hybridized carbons (Fsp3) is 0.900. The summed E-state index contributed by atoms with van der Waals surface area (Å²) in [5.41, 5.74) is -0.398. The molecule has 0 aliphatic carbocycles. The van der Waals surface area contributed by atoms with Crippen molar-refractivity contribution in [1.82, 2.24) is 10.2 Å². The Labute approximate surface area is 80.5 Å². The van der Waals surface area contributed by atoms with Crippen LogP contribution in [0.15, 0.2) is 0 Å². The fourth-order valence-corrected chi connectivity index (χ4v) is 2.14. The van der Waals surface area contributed by atoms with Crippen molar-refractivity contribution in [2.24, 2.45) is 0 Å². The van der Waals surface area contributed by atoms with Gasteiger partial charge in [-0.05, 0) is 34.6 Å². The molecule has 13 heavy (non-hydrogen) atoms. The molecule has 0 bridgehead atoms. The van der Waals surface area contributed by atoms with Crippen LogP contribution >= 0.6 is 0 Å². The zero-order valence-corrected chi connectivity index (χ0v) is 9.27. The number of amides is 1. The Morgan fingerprint density at radius 3 is 2.38 bits per heavy atom. The first-order chi connectivity index (χ1) is 5.78. The molecule has 0 aromatic carbocycles. The van der Waals surface area contributed by atoms with E-state index < -0.39 is 5.54 Å². The van der Waals surface area contributed by atoms with Gasteiger partial charge in [-0.2, -0.15) is 0 Å². The van der Waals surface area contributed by atoms with E-state index in [0.29, 0.717) is 0 Å². The van der Waals surface area contributed by atoms with Gasteiger partial charge >= 0.3 is 0 Å². The lowest BCUT2D eigenvalue weighted by molar-refractivity contribution is -0.143. The molecule has 1 saturated heterocycles. The molecule has 1 fully saturated rings. The van der Waals surface area contributed by atoms with Crippen LogP contribution in [0.5, 0.6) is 0 Å². The minimum absolute atomic E-state index is 0.0212. The van der Waals surface area contributed by atoms with E-state index in [4.69, 9.17) is 0 Å². The third kappa shape index (κ3) is 2.02. The molecule has 1 heterocycles. The molecule has 3 nitrogen and oxygen atoms in total. The molecule has 0 unspecified atom stereocenters. The average molecular weight is 184 g/mol. The molecule has 0 aromatic heterocycles. The van der Waals surface area contributed by atoms with Crippen molar-refractivity contribution in [1.29, 1.82) is 0 Å². The Morgan fingerprint density at radius 2 is 1.92 bits per heavy atom. The molecule has 0 atom stereocenters. The Hall–Kier alpha value is -0.570. The van der Waals surface area contributed by atoms with Gasteiger partial charge in [0.2, 0.25) is 5.91 Å². The largest absolute Gasteiger partial charge is 0.340 e. The predicted octanol–water partition coefficient (Wildman–Crippen LogP) is 0.995. The number of likely N-dealkylation sites (N-methyl/N-ethyl adjacent to an activating group) is 1. The van der Waals surface area contributed by atoms with Gasteiger partial charge in [0.1, 0.15) is 0 Å². The minimum Gasteiger partial charge on any atom is -0.340 e. The van der Waals surface area contributed by atoms with Gasteiger partial charge in [0.05, 0.1) is 5.54 Å². The molecule has 1 rings (SSSR count). The first kappa shape index (κ1) is 10.5. The molecule has 0 radical (unpaired) electrons. The molecule has 1 aliphatic rings. The highest BCUT2D eigenvalue weighted by atomic mass is 16.2. The third-order valence-electron chi connectivity index (χ3n) is 2.44. The first-order valence-electron chi connectivity index (χ1n) is 4.87. The van der Waals surface area contributed by atoms with Crippen molar-refractivity contribution in [3.63, 3.8) is 0 Å². The Balaban J connectivity index is 2.88. The van der Waals surface area contributed by atoms with Crippen molar-refractivity contribution in [3.05, 3.63) is 0 Å². The number of carbonyl (C=O) groups excluding carboxylic acids is 1. The van der Waals surface area contributed by atoms with Gasteiger partial charge in [-0.15, -0.1) is 0 Å². The van der Waals surface area contributed by atoms with Crippen LogP contribution in [0.4, 0.5) is 0 Å². The highest BCUT2D eigenvalue weighted by Crippen LogP contribution is 2.21. The summed E-state index contributed by atoms with van der Waals surface area (Å²) >= 11 is 0. The van der Waals surface area contributed by atoms with E-state index in [1.54, 1.807) is 0 Å². The second-order valence-corrected chi connectivity index (χ2v) is 4.95. The predicted molar refractivity (Wildman–Crippen MR) is 53.5 cm³/mol. The van der Waals surface area contributed by atoms with Gasteiger partial charge < -0.3 is 4.90 Å². The van der Waals surface area contributed by atoms with Gasteiger partial charge in [-0.3, -0.25) is 10.1 Å². The van der Waals surface area contributed by atoms with Gasteiger partial charge in [-0.1, -0.05) is 0 Å². The van der Waals surface area contributed by atoms with Gasteiger partial charge in [-0.25, -0.2) is 0 Å². The fourth-order valence-electron chi connectivity index (χ4n) is 2.14. The standard InChI is InChI=1S/C10H20N2O/c1-6-12-7-9(2,3)11-10(4,5)8(12)13/h11H,6-7H2,1-5H3. The maximum Gasteiger partial charge on any atom is 0.242 e. The lowest BCUT2D eigenvalue weighted by Crippen LogP contribution is -2.69. The van der Waals surface area contributed by atoms with Crippen LogP contribution in [0.25, 0.3) is 0 Å². The van der Waals surface area contributed by atoms with Crippen LogP contribution in [0.3, 0.4) is 0 Å². The molecule has 0 aromatic rings. The molecule has 0 spiro atoms. The van der Waals surface area contributed by atoms with E-state index in [1.807, 2.05) is 25.7 Å². The van der Waals surface area contributed by atoms with E-state index in [2.05, 4.69) is 19.2 Å². The molecule has 1 aliphatic heterocycles. The van der Waals surface area contributed by atoms with Crippen LogP contribution in [0.2, 0.25) is 0 Å². The Morgan fingerprint density at radius 1 is 1.38 bits per heavy atom. The van der Waals surface area contributed by atoms with Gasteiger partial charge in [0, 0.05) is 18.6 Å². The van der Waals surface area contributed by atoms with Crippen LogP contribution in [0, 0.1) is 0 Å². The number of hydrogen-bond acceptors (Lipinski definition) is 2. The van der Waals surface area contributed by atoms with E-state index in [9.17, 15) is 4.79 Å². The second kappa shape index (κ2) is 2.98. The van der Waals surface area contributed by atoms with Crippen LogP contribution in [-0.2, 0) is 4.79 Å². The molecule has 1 amide bonds. The lowest BCUT2D eigenvalue weighted by atomic mass is 9.91. The van der Waals surface area contributed by atoms with E-state index in [1.165, 1.54) is 0 Å². The smallest absolute Gasteiger partial charge is 0.242 e. The SMILES string of the molecule is CCN1CC(C)(C)NC(C)(C)C1=O. The number of rotatable bonds is 1. The first-order valence-corrected chi connectivity index (χ1v) is 4.87. The molecule has 3 heteroatoms. The molecular weight excluding hydrogens is 164 g/mol. The molecule has 1 N–H and O–H groups in total. The number of hydrogen-bond donors (Lipinski definition) is 1. The van der Waals surface area contributed by atoms with Crippen molar-refractivity contribution in [3.8, 4) is 0 Å². The average Bonchev–Trinajstić information content (AvgIpc) is 1.95. The summed E-state index contributed by atoms with van der Waals surface area (Å²) in [4.78, 5) is 13.7. The van der Waals surface area contributed by atoms with Gasteiger partial charge in [0.15, 0.2) is 0 Å². The third-order valence-corrected chi connectivity index (χ3v) is 2.44. The normalized spacial score (nSPS) is 26.2. The number of carbonyl (C=O) groups is 1. The maximum absolute atomic E-state index is 11.8. The summed E-state index contributed by atoms with van der Waals surface area (Å²) in [6.07, 6.45) is 0. The molecule has 76 valence electrons. The van der Waals surface area contributed by atoms with E-state index >= 15 is 0 Å². The Bertz CT molecular complexity index is 221. The molecular formula is C10H20N2O. The van der Waals surface area contributed by atoms with Crippen molar-refractivity contribution < 1.29 is 4.79 Å². The minimum atomic E-state index is -0.419. The van der Waals surface area contributed by atoms with Crippen molar-refractivity contribution in [2.75, 3.05) is 13.1 Å². The summed E-state index contributed by atoms with van der Waals surface area (Å²) in [5, 5.41) is 3.35. The monoisotopic (exact) mass is 184 g/mol. The quantitative estimate of drug-likeness (QED) is 0.659. The maximum atomic E-state index is 11.8. The van der Waals surface area contributed by atoms with Crippen molar-refractivity contribution in [2.45, 2.75) is 45.7 Å². The van der Waals surface area contributed by atoms with Crippen molar-refractivity contribution >= 4 is 5.91 Å². The van der Waals surface area contributed by atoms with Crippen LogP contribution in [0.1, 0.15) is 34.6 Å². The highest BCUT2D eigenvalue weighted by Gasteiger charge is 2.42. The summed E-state index contributed by atoms with van der Waals surface area (Å²) in [6.45, 7) is 11.8. The summed E-state index contributed by atoms with van der Waals surface area (Å²) < 4.78 is 0. The highest BCUT2D eigenvalue weighted by molar-refractivity contribution is 5.86. The molecule has 0 saturated carbocycles. The lowest BCUT2D eigenvalue weighted by Gasteiger charge is -2.47. The van der Waals surface area contributed by atoms with E-state index in [0.717, 1.165) is 13.1 Å². The summed E-state index contributed by atoms with van der Waals surface area (Å²) in [7, 11) is 0. The van der Waals surface area contributed by atoms with Gasteiger partial charge in [0.25, 0.3) is 0 Å². The zero-order chi connectivity index (χ0) is 10.3. The topological polar surface area (TPSA) is 32.3 Å². The van der Waals surface area contributed by atoms with Crippen LogP contribution in [-0.4, -0.2) is 35.0 Å². The second-order valence-electron chi connectivity index (χ2n) is 4.95. The van der Waals surface area contributed by atoms with Crippen LogP contribution < -0.4 is 5.32 Å². The van der Waals surface area contributed by atoms with E-state index in [-0.39, 0.29) is 11.4 Å². The Kier molecular flexibility index (Phi) is 2.41.